The molecule has 5 rings (SSSR count). The van der Waals surface area contributed by atoms with Gasteiger partial charge in [0.05, 0.1) is 17.3 Å². The largest absolute Gasteiger partial charge is 0.352 e. The van der Waals surface area contributed by atoms with Gasteiger partial charge in [-0.25, -0.2) is 13.2 Å². The highest BCUT2D eigenvalue weighted by Crippen LogP contribution is 2.45. The summed E-state index contributed by atoms with van der Waals surface area (Å²) >= 11 is 0. The number of amides is 1. The molecule has 0 bridgehead atoms. The van der Waals surface area contributed by atoms with Crippen LogP contribution in [-0.4, -0.2) is 28.5 Å². The number of nitrogens with one attached hydrogen (secondary N) is 3. The molecular weight excluding hydrogens is 415 g/mol. The number of fused-ring (bicyclic) bond motifs is 1. The summed E-state index contributed by atoms with van der Waals surface area (Å²) in [6.45, 7) is 4.18. The first kappa shape index (κ1) is 21.1. The number of aromatic nitrogens is 1. The first-order valence-corrected chi connectivity index (χ1v) is 11.0. The maximum atomic E-state index is 14.5. The van der Waals surface area contributed by atoms with Gasteiger partial charge in [-0.15, -0.1) is 0 Å². The molecule has 0 radical (unpaired) electrons. The molecule has 1 aromatic heterocycles. The van der Waals surface area contributed by atoms with Gasteiger partial charge in [0.15, 0.2) is 0 Å². The number of benzene rings is 2. The molecule has 3 aromatic rings. The minimum atomic E-state index is -0.659. The van der Waals surface area contributed by atoms with Crippen LogP contribution in [0.5, 0.6) is 0 Å². The average molecular weight is 441 g/mol. The zero-order valence-corrected chi connectivity index (χ0v) is 18.1. The van der Waals surface area contributed by atoms with Gasteiger partial charge >= 0.3 is 0 Å². The Morgan fingerprint density at radius 1 is 1.06 bits per heavy atom. The molecule has 1 amide bonds. The molecule has 168 valence electrons. The van der Waals surface area contributed by atoms with E-state index in [2.05, 4.69) is 29.5 Å². The topological polar surface area (TPSA) is 56.9 Å². The number of hydrogen-bond acceptors (Lipinski definition) is 2. The summed E-state index contributed by atoms with van der Waals surface area (Å²) in [6, 6.07) is 7.98. The van der Waals surface area contributed by atoms with Gasteiger partial charge in [0.2, 0.25) is 5.91 Å². The van der Waals surface area contributed by atoms with E-state index in [-0.39, 0.29) is 40.8 Å². The molecule has 1 aliphatic heterocycles. The lowest BCUT2D eigenvalue weighted by Gasteiger charge is -2.37. The molecule has 1 aliphatic carbocycles. The molecule has 1 unspecified atom stereocenters. The van der Waals surface area contributed by atoms with Crippen molar-refractivity contribution in [1.29, 1.82) is 0 Å². The Kier molecular flexibility index (Phi) is 5.04. The molecule has 4 nitrogen and oxygen atoms in total. The first-order chi connectivity index (χ1) is 15.2. The Morgan fingerprint density at radius 2 is 1.78 bits per heavy atom. The second-order valence-corrected chi connectivity index (χ2v) is 9.72. The van der Waals surface area contributed by atoms with Crippen LogP contribution in [0.2, 0.25) is 0 Å². The highest BCUT2D eigenvalue weighted by molar-refractivity contribution is 5.92. The normalized spacial score (nSPS) is 24.5. The Morgan fingerprint density at radius 3 is 2.44 bits per heavy atom. The number of aromatic amines is 1. The van der Waals surface area contributed by atoms with Crippen LogP contribution in [0.25, 0.3) is 22.2 Å². The third-order valence-corrected chi connectivity index (χ3v) is 6.83. The van der Waals surface area contributed by atoms with E-state index in [9.17, 15) is 18.0 Å². The molecule has 2 aromatic carbocycles. The van der Waals surface area contributed by atoms with Crippen LogP contribution >= 0.6 is 0 Å². The Hall–Kier alpha value is -2.80. The first-order valence-electron chi connectivity index (χ1n) is 11.0. The van der Waals surface area contributed by atoms with E-state index in [0.717, 1.165) is 24.5 Å². The number of rotatable bonds is 4. The molecule has 1 saturated heterocycles. The van der Waals surface area contributed by atoms with Gasteiger partial charge in [0, 0.05) is 23.0 Å². The molecule has 3 N–H and O–H groups in total. The van der Waals surface area contributed by atoms with Gasteiger partial charge < -0.3 is 15.6 Å². The van der Waals surface area contributed by atoms with E-state index < -0.39 is 11.6 Å². The van der Waals surface area contributed by atoms with Crippen molar-refractivity contribution in [3.8, 4) is 11.3 Å². The number of hydrogen-bond donors (Lipinski definition) is 3. The quantitative estimate of drug-likeness (QED) is 0.525. The van der Waals surface area contributed by atoms with Crippen LogP contribution in [0.1, 0.15) is 51.0 Å². The third kappa shape index (κ3) is 3.79. The predicted molar refractivity (Wildman–Crippen MR) is 118 cm³/mol. The van der Waals surface area contributed by atoms with Crippen LogP contribution in [0.3, 0.4) is 0 Å². The van der Waals surface area contributed by atoms with Crippen LogP contribution in [0, 0.1) is 17.5 Å². The van der Waals surface area contributed by atoms with Gasteiger partial charge in [-0.05, 0) is 86.9 Å². The van der Waals surface area contributed by atoms with Crippen molar-refractivity contribution in [2.45, 2.75) is 63.1 Å². The highest BCUT2D eigenvalue weighted by Gasteiger charge is 2.39. The number of carbonyl (C=O) groups is 1. The molecule has 1 saturated carbocycles. The van der Waals surface area contributed by atoms with E-state index >= 15 is 0 Å². The summed E-state index contributed by atoms with van der Waals surface area (Å²) in [7, 11) is 0. The van der Waals surface area contributed by atoms with Gasteiger partial charge in [-0.2, -0.15) is 0 Å². The molecular formula is C25H26F3N3O. The summed E-state index contributed by atoms with van der Waals surface area (Å²) in [5.41, 5.74) is 2.40. The van der Waals surface area contributed by atoms with E-state index in [4.69, 9.17) is 0 Å². The molecule has 2 aliphatic rings. The van der Waals surface area contributed by atoms with E-state index in [0.29, 0.717) is 29.5 Å². The van der Waals surface area contributed by atoms with Crippen LogP contribution in [-0.2, 0) is 4.79 Å². The van der Waals surface area contributed by atoms with Gasteiger partial charge in [0.25, 0.3) is 0 Å². The van der Waals surface area contributed by atoms with Crippen molar-refractivity contribution >= 4 is 16.8 Å². The summed E-state index contributed by atoms with van der Waals surface area (Å²) in [5, 5.41) is 6.98. The molecule has 1 atom stereocenters. The molecule has 0 spiro atoms. The fraction of sp³-hybridized carbons (Fsp3) is 0.400. The molecule has 32 heavy (non-hydrogen) atoms. The SMILES string of the molecule is CC1(C)CCC(C(=O)NC2CC(c3c(-c4ccc(F)cc4)[nH]c4c(F)cc(F)cc34)C2)N1. The van der Waals surface area contributed by atoms with Crippen molar-refractivity contribution in [2.75, 3.05) is 0 Å². The van der Waals surface area contributed by atoms with Gasteiger partial charge in [0.1, 0.15) is 17.5 Å². The molecule has 7 heteroatoms. The minimum Gasteiger partial charge on any atom is -0.352 e. The van der Waals surface area contributed by atoms with Crippen molar-refractivity contribution in [3.05, 3.63) is 59.4 Å². The lowest BCUT2D eigenvalue weighted by Crippen LogP contribution is -2.51. The average Bonchev–Trinajstić information content (AvgIpc) is 3.25. The fourth-order valence-electron chi connectivity index (χ4n) is 5.10. The Balaban J connectivity index is 1.40. The fourth-order valence-corrected chi connectivity index (χ4v) is 5.10. The van der Waals surface area contributed by atoms with Crippen molar-refractivity contribution in [2.24, 2.45) is 0 Å². The van der Waals surface area contributed by atoms with Crippen molar-refractivity contribution in [3.63, 3.8) is 0 Å². The Bertz CT molecular complexity index is 1180. The monoisotopic (exact) mass is 441 g/mol. The highest BCUT2D eigenvalue weighted by atomic mass is 19.1. The van der Waals surface area contributed by atoms with Gasteiger partial charge in [-0.3, -0.25) is 4.79 Å². The van der Waals surface area contributed by atoms with Crippen LogP contribution in [0.15, 0.2) is 36.4 Å². The van der Waals surface area contributed by atoms with Crippen molar-refractivity contribution in [1.82, 2.24) is 15.6 Å². The van der Waals surface area contributed by atoms with E-state index in [1.54, 1.807) is 12.1 Å². The van der Waals surface area contributed by atoms with Gasteiger partial charge in [-0.1, -0.05) is 0 Å². The number of H-pyrrole nitrogens is 1. The van der Waals surface area contributed by atoms with Crippen molar-refractivity contribution < 1.29 is 18.0 Å². The zero-order valence-electron chi connectivity index (χ0n) is 18.1. The minimum absolute atomic E-state index is 0.00815. The lowest BCUT2D eigenvalue weighted by atomic mass is 9.74. The van der Waals surface area contributed by atoms with Crippen LogP contribution in [0.4, 0.5) is 13.2 Å². The second-order valence-electron chi connectivity index (χ2n) is 9.72. The lowest BCUT2D eigenvalue weighted by molar-refractivity contribution is -0.124. The summed E-state index contributed by atoms with van der Waals surface area (Å²) in [5.74, 6) is -1.62. The molecule has 2 fully saturated rings. The Labute approximate surface area is 184 Å². The summed E-state index contributed by atoms with van der Waals surface area (Å²) < 4.78 is 42.0. The van der Waals surface area contributed by atoms with E-state index in [1.807, 2.05) is 0 Å². The third-order valence-electron chi connectivity index (χ3n) is 6.83. The second kappa shape index (κ2) is 7.66. The maximum absolute atomic E-state index is 14.5. The molecule has 2 heterocycles. The van der Waals surface area contributed by atoms with E-state index in [1.165, 1.54) is 18.2 Å². The zero-order chi connectivity index (χ0) is 22.6. The number of halogens is 3. The smallest absolute Gasteiger partial charge is 0.237 e. The van der Waals surface area contributed by atoms with Crippen LogP contribution < -0.4 is 10.6 Å². The maximum Gasteiger partial charge on any atom is 0.237 e. The predicted octanol–water partition coefficient (Wildman–Crippen LogP) is 5.15. The standard InChI is InChI=1S/C25H26F3N3O/c1-25(2)8-7-20(31-25)24(32)29-17-9-14(10-17)21-18-11-16(27)12-19(28)23(18)30-22(21)13-3-5-15(26)6-4-13/h3-6,11-12,14,17,20,30-31H,7-10H2,1-2H3,(H,29,32). The summed E-state index contributed by atoms with van der Waals surface area (Å²) in [6.07, 6.45) is 3.12. The number of carbonyl (C=O) groups excluding carboxylic acids is 1. The summed E-state index contributed by atoms with van der Waals surface area (Å²) in [4.78, 5) is 15.7.